The molecule has 0 unspecified atom stereocenters. The smallest absolute Gasteiger partial charge is 0.0971 e. The molecular formula is C45H59IrN2OSe-. The second-order valence-corrected chi connectivity index (χ2v) is 17.3. The van der Waals surface area contributed by atoms with Crippen molar-refractivity contribution in [1.82, 2.24) is 4.98 Å². The van der Waals surface area contributed by atoms with Crippen LogP contribution in [0.15, 0.2) is 77.6 Å². The van der Waals surface area contributed by atoms with Crippen molar-refractivity contribution >= 4 is 50.3 Å². The van der Waals surface area contributed by atoms with Crippen molar-refractivity contribution in [2.24, 2.45) is 22.7 Å². The Morgan fingerprint density at radius 1 is 0.840 bits per heavy atom. The summed E-state index contributed by atoms with van der Waals surface area (Å²) in [5, 5.41) is 15.5. The summed E-state index contributed by atoms with van der Waals surface area (Å²) in [4.78, 5) is 9.60. The molecule has 3 nitrogen and oxygen atoms in total. The number of pyridine rings is 1. The molecule has 0 spiro atoms. The number of fused-ring (bicyclic) bond motifs is 4. The van der Waals surface area contributed by atoms with Gasteiger partial charge in [-0.1, -0.05) is 27.7 Å². The molecule has 0 aliphatic heterocycles. The van der Waals surface area contributed by atoms with Gasteiger partial charge in [0.15, 0.2) is 0 Å². The number of nitrogens with zero attached hydrogens (tertiary/aromatic N) is 2. The number of rotatable bonds is 11. The number of aliphatic imine (C=N–C) groups is 1. The summed E-state index contributed by atoms with van der Waals surface area (Å²) >= 11 is 0.265. The molecule has 5 heteroatoms. The third-order valence-electron chi connectivity index (χ3n) is 9.47. The Balaban J connectivity index is 0.000000309. The number of benzene rings is 3. The summed E-state index contributed by atoms with van der Waals surface area (Å²) in [6.45, 7) is 24.3. The monoisotopic (exact) mass is 916 g/mol. The van der Waals surface area contributed by atoms with E-state index in [0.29, 0.717) is 17.6 Å². The van der Waals surface area contributed by atoms with Crippen LogP contribution in [0.2, 0.25) is 0 Å². The van der Waals surface area contributed by atoms with E-state index < -0.39 is 0 Å². The summed E-state index contributed by atoms with van der Waals surface area (Å²) in [6.07, 6.45) is 9.17. The average molecular weight is 915 g/mol. The molecule has 0 aliphatic carbocycles. The number of aromatic nitrogens is 1. The Hall–Kier alpha value is -2.55. The zero-order chi connectivity index (χ0) is 35.9. The van der Waals surface area contributed by atoms with Gasteiger partial charge in [-0.2, -0.15) is 0 Å². The van der Waals surface area contributed by atoms with E-state index in [0.717, 1.165) is 49.1 Å². The average Bonchev–Trinajstić information content (AvgIpc) is 3.45. The van der Waals surface area contributed by atoms with Crippen LogP contribution in [0.25, 0.3) is 41.3 Å². The Bertz CT molecular complexity index is 1900. The molecule has 1 radical (unpaired) electrons. The predicted molar refractivity (Wildman–Crippen MR) is 217 cm³/mol. The topological polar surface area (TPSA) is 45.5 Å². The van der Waals surface area contributed by atoms with Crippen LogP contribution in [0.5, 0.6) is 0 Å². The molecule has 271 valence electrons. The van der Waals surface area contributed by atoms with E-state index in [1.54, 1.807) is 4.26 Å². The summed E-state index contributed by atoms with van der Waals surface area (Å²) in [7, 11) is 0. The van der Waals surface area contributed by atoms with Crippen LogP contribution >= 0.6 is 0 Å². The van der Waals surface area contributed by atoms with E-state index in [2.05, 4.69) is 137 Å². The van der Waals surface area contributed by atoms with E-state index >= 15 is 0 Å². The molecule has 1 N–H and O–H groups in total. The molecule has 2 heterocycles. The Morgan fingerprint density at radius 3 is 2.06 bits per heavy atom. The molecule has 2 aromatic heterocycles. The summed E-state index contributed by atoms with van der Waals surface area (Å²) in [5.41, 5.74) is 6.23. The number of hydrogen-bond acceptors (Lipinski definition) is 3. The van der Waals surface area contributed by atoms with Gasteiger partial charge in [0.05, 0.1) is 5.76 Å². The van der Waals surface area contributed by atoms with Gasteiger partial charge in [0.1, 0.15) is 0 Å². The quantitative estimate of drug-likeness (QED) is 0.0621. The van der Waals surface area contributed by atoms with Gasteiger partial charge in [0.2, 0.25) is 0 Å². The Labute approximate surface area is 322 Å². The molecule has 0 amide bonds. The maximum Gasteiger partial charge on any atom is 0.0971 e. The van der Waals surface area contributed by atoms with Crippen LogP contribution < -0.4 is 0 Å². The van der Waals surface area contributed by atoms with Crippen molar-refractivity contribution < 1.29 is 25.2 Å². The van der Waals surface area contributed by atoms with Gasteiger partial charge in [-0.3, -0.25) is 4.99 Å². The zero-order valence-electron chi connectivity index (χ0n) is 32.3. The minimum Gasteiger partial charge on any atom is -0.512 e. The van der Waals surface area contributed by atoms with E-state index in [4.69, 9.17) is 9.98 Å². The van der Waals surface area contributed by atoms with E-state index in [-0.39, 0.29) is 52.0 Å². The summed E-state index contributed by atoms with van der Waals surface area (Å²) < 4.78 is 2.96. The SMILES string of the molecule is CC(C)Cc1cccc2c1[se]c1c(-c3[c-]c4ccccc4c(C(C)(C)C)c3)nccc12.CCC(CC)C(/C=C(\O)C(CC)CC)=NC(C)C.[Ir]. The van der Waals surface area contributed by atoms with Crippen molar-refractivity contribution in [2.45, 2.75) is 120 Å². The summed E-state index contributed by atoms with van der Waals surface area (Å²) in [5.74, 6) is 1.90. The van der Waals surface area contributed by atoms with Gasteiger partial charge in [-0.05, 0) is 45.6 Å². The van der Waals surface area contributed by atoms with Crippen molar-refractivity contribution in [3.63, 3.8) is 0 Å². The fourth-order valence-corrected chi connectivity index (χ4v) is 9.57. The van der Waals surface area contributed by atoms with Crippen molar-refractivity contribution in [2.75, 3.05) is 0 Å². The van der Waals surface area contributed by atoms with Gasteiger partial charge >= 0.3 is 191 Å². The molecular weight excluding hydrogens is 856 g/mol. The van der Waals surface area contributed by atoms with Crippen LogP contribution in [-0.2, 0) is 31.9 Å². The fraction of sp³-hybridized carbons (Fsp3) is 0.467. The molecule has 0 saturated heterocycles. The van der Waals surface area contributed by atoms with Crippen LogP contribution in [0.1, 0.15) is 113 Å². The van der Waals surface area contributed by atoms with Crippen LogP contribution in [0.4, 0.5) is 0 Å². The van der Waals surface area contributed by atoms with Gasteiger partial charge < -0.3 is 5.11 Å². The van der Waals surface area contributed by atoms with Crippen LogP contribution in [-0.4, -0.2) is 36.3 Å². The predicted octanol–water partition coefficient (Wildman–Crippen LogP) is 12.7. The normalized spacial score (nSPS) is 12.8. The van der Waals surface area contributed by atoms with E-state index in [1.165, 1.54) is 36.9 Å². The molecule has 0 aliphatic rings. The minimum atomic E-state index is 0. The molecule has 5 rings (SSSR count). The first-order valence-corrected chi connectivity index (χ1v) is 20.3. The largest absolute Gasteiger partial charge is 0.512 e. The molecule has 0 bridgehead atoms. The molecule has 50 heavy (non-hydrogen) atoms. The van der Waals surface area contributed by atoms with Gasteiger partial charge in [-0.25, -0.2) is 0 Å². The maximum absolute atomic E-state index is 10.2. The summed E-state index contributed by atoms with van der Waals surface area (Å²) in [6, 6.07) is 24.0. The second kappa shape index (κ2) is 18.8. The van der Waals surface area contributed by atoms with Crippen molar-refractivity contribution in [1.29, 1.82) is 0 Å². The third-order valence-corrected chi connectivity index (χ3v) is 12.2. The van der Waals surface area contributed by atoms with E-state index in [1.807, 2.05) is 12.3 Å². The number of hydrogen-bond donors (Lipinski definition) is 1. The first kappa shape index (κ1) is 41.9. The van der Waals surface area contributed by atoms with Gasteiger partial charge in [0.25, 0.3) is 0 Å². The van der Waals surface area contributed by atoms with Crippen LogP contribution in [0, 0.1) is 23.8 Å². The number of allylic oxidation sites excluding steroid dienone is 2. The Morgan fingerprint density at radius 2 is 1.46 bits per heavy atom. The van der Waals surface area contributed by atoms with Crippen molar-refractivity contribution in [3.05, 3.63) is 89.8 Å². The van der Waals surface area contributed by atoms with Gasteiger partial charge in [-0.15, -0.1) is 0 Å². The molecule has 5 aromatic rings. The van der Waals surface area contributed by atoms with Gasteiger partial charge in [0, 0.05) is 43.7 Å². The fourth-order valence-electron chi connectivity index (χ4n) is 6.80. The minimum absolute atomic E-state index is 0. The maximum atomic E-state index is 10.2. The first-order valence-electron chi connectivity index (χ1n) is 18.6. The first-order chi connectivity index (χ1) is 23.3. The molecule has 0 fully saturated rings. The third kappa shape index (κ3) is 10.1. The second-order valence-electron chi connectivity index (χ2n) is 15.2. The number of aliphatic hydroxyl groups is 1. The Kier molecular flexibility index (Phi) is 15.7. The van der Waals surface area contributed by atoms with Crippen LogP contribution in [0.3, 0.4) is 0 Å². The molecule has 0 saturated carbocycles. The molecule has 3 aromatic carbocycles. The number of aliphatic hydroxyl groups excluding tert-OH is 1. The molecule has 0 atom stereocenters. The zero-order valence-corrected chi connectivity index (χ0v) is 36.4. The van der Waals surface area contributed by atoms with Crippen molar-refractivity contribution in [3.8, 4) is 11.3 Å². The standard InChI is InChI=1S/C29H28NSe.C16H31NO.Ir/c1-18(2)15-20-10-8-12-23-24-13-14-30-26(28(24)31-27(20)23)21-16-19-9-6-7-11-22(19)25(17-21)29(3,4)5;1-7-13(8-2)15(17-12(5)6)11-16(18)14(9-3)10-4;/h6-14,17-18H,15H2,1-5H3;11-14,18H,7-10H2,1-6H3;/q-1;;/b;16-11-,17-15?;. The van der Waals surface area contributed by atoms with E-state index in [9.17, 15) is 5.11 Å².